The summed E-state index contributed by atoms with van der Waals surface area (Å²) in [5.74, 6) is 1.76. The van der Waals surface area contributed by atoms with Gasteiger partial charge >= 0.3 is 0 Å². The van der Waals surface area contributed by atoms with Crippen molar-refractivity contribution in [1.82, 2.24) is 0 Å². The molecule has 0 spiro atoms. The molecule has 2 aromatic carbocycles. The second kappa shape index (κ2) is 10.8. The van der Waals surface area contributed by atoms with Crippen LogP contribution in [0.25, 0.3) is 11.1 Å². The van der Waals surface area contributed by atoms with E-state index in [-0.39, 0.29) is 0 Å². The van der Waals surface area contributed by atoms with Gasteiger partial charge in [0.05, 0.1) is 0 Å². The Balaban J connectivity index is 1.58. The first-order valence-electron chi connectivity index (χ1n) is 11.9. The van der Waals surface area contributed by atoms with Gasteiger partial charge in [-0.3, -0.25) is 0 Å². The third-order valence-corrected chi connectivity index (χ3v) is 6.83. The van der Waals surface area contributed by atoms with Crippen molar-refractivity contribution in [3.8, 4) is 11.1 Å². The summed E-state index contributed by atoms with van der Waals surface area (Å²) >= 11 is 0. The van der Waals surface area contributed by atoms with Gasteiger partial charge in [0.15, 0.2) is 0 Å². The Bertz CT molecular complexity index is 709. The van der Waals surface area contributed by atoms with Crippen LogP contribution in [0, 0.1) is 11.8 Å². The Hall–Kier alpha value is -1.56. The Morgan fingerprint density at radius 1 is 0.857 bits per heavy atom. The first-order chi connectivity index (χ1) is 13.7. The van der Waals surface area contributed by atoms with Crippen molar-refractivity contribution in [3.63, 3.8) is 0 Å². The number of fused-ring (bicyclic) bond motifs is 1. The molecule has 2 unspecified atom stereocenters. The fourth-order valence-corrected chi connectivity index (χ4v) is 4.74. The van der Waals surface area contributed by atoms with Crippen LogP contribution in [0.4, 0.5) is 0 Å². The minimum atomic E-state index is 0.871. The van der Waals surface area contributed by atoms with Crippen molar-refractivity contribution in [3.05, 3.63) is 59.2 Å². The lowest BCUT2D eigenvalue weighted by Crippen LogP contribution is -2.16. The summed E-state index contributed by atoms with van der Waals surface area (Å²) in [7, 11) is 0. The smallest absolute Gasteiger partial charge is 0.0181 e. The van der Waals surface area contributed by atoms with Crippen molar-refractivity contribution in [2.75, 3.05) is 0 Å². The van der Waals surface area contributed by atoms with Crippen LogP contribution < -0.4 is 0 Å². The molecule has 152 valence electrons. The highest BCUT2D eigenvalue weighted by molar-refractivity contribution is 5.65. The molecule has 0 aliphatic heterocycles. The minimum absolute atomic E-state index is 0.871. The molecule has 2 atom stereocenters. The fraction of sp³-hybridized carbons (Fsp3) is 0.571. The van der Waals surface area contributed by atoms with E-state index in [1.807, 2.05) is 0 Å². The number of benzene rings is 2. The predicted octanol–water partition coefficient (Wildman–Crippen LogP) is 8.41. The van der Waals surface area contributed by atoms with Gasteiger partial charge in [0.2, 0.25) is 0 Å². The summed E-state index contributed by atoms with van der Waals surface area (Å²) in [6, 6.07) is 16.6. The normalized spacial score (nSPS) is 17.3. The lowest BCUT2D eigenvalue weighted by atomic mass is 9.78. The van der Waals surface area contributed by atoms with Crippen LogP contribution >= 0.6 is 0 Å². The molecule has 0 aromatic heterocycles. The molecule has 0 fully saturated rings. The molecule has 3 rings (SSSR count). The minimum Gasteiger partial charge on any atom is -0.0654 e. The van der Waals surface area contributed by atoms with Crippen LogP contribution in [-0.4, -0.2) is 0 Å². The zero-order valence-corrected chi connectivity index (χ0v) is 18.5. The first-order valence-corrected chi connectivity index (χ1v) is 11.9. The number of unbranched alkanes of at least 4 members (excludes halogenated alkanes) is 4. The van der Waals surface area contributed by atoms with E-state index in [2.05, 4.69) is 63.2 Å². The Kier molecular flexibility index (Phi) is 8.19. The Morgan fingerprint density at radius 2 is 1.61 bits per heavy atom. The van der Waals surface area contributed by atoms with E-state index in [1.54, 1.807) is 11.1 Å². The van der Waals surface area contributed by atoms with Gasteiger partial charge in [0.25, 0.3) is 0 Å². The van der Waals surface area contributed by atoms with Gasteiger partial charge in [-0.2, -0.15) is 0 Å². The number of hydrogen-bond acceptors (Lipinski definition) is 0. The fourth-order valence-electron chi connectivity index (χ4n) is 4.74. The highest BCUT2D eigenvalue weighted by Gasteiger charge is 2.20. The zero-order chi connectivity index (χ0) is 19.8. The molecule has 0 nitrogen and oxygen atoms in total. The molecule has 0 amide bonds. The maximum atomic E-state index is 2.47. The quantitative estimate of drug-likeness (QED) is 0.365. The predicted molar refractivity (Wildman–Crippen MR) is 124 cm³/mol. The molecule has 1 aliphatic carbocycles. The summed E-state index contributed by atoms with van der Waals surface area (Å²) in [5.41, 5.74) is 7.46. The van der Waals surface area contributed by atoms with E-state index < -0.39 is 0 Å². The Labute approximate surface area is 173 Å². The van der Waals surface area contributed by atoms with Crippen LogP contribution in [0.3, 0.4) is 0 Å². The van der Waals surface area contributed by atoms with Crippen molar-refractivity contribution in [2.45, 2.75) is 91.4 Å². The molecule has 0 heterocycles. The third kappa shape index (κ3) is 5.97. The van der Waals surface area contributed by atoms with Crippen LogP contribution in [-0.2, 0) is 19.3 Å². The average Bonchev–Trinajstić information content (AvgIpc) is 2.73. The third-order valence-electron chi connectivity index (χ3n) is 6.83. The molecule has 0 radical (unpaired) electrons. The van der Waals surface area contributed by atoms with Crippen LogP contribution in [0.5, 0.6) is 0 Å². The average molecular weight is 377 g/mol. The summed E-state index contributed by atoms with van der Waals surface area (Å²) in [6.07, 6.45) is 14.7. The molecular weight excluding hydrogens is 336 g/mol. The summed E-state index contributed by atoms with van der Waals surface area (Å²) < 4.78 is 0. The van der Waals surface area contributed by atoms with Gasteiger partial charge in [-0.25, -0.2) is 0 Å². The van der Waals surface area contributed by atoms with E-state index in [0.717, 1.165) is 11.8 Å². The molecule has 0 saturated heterocycles. The van der Waals surface area contributed by atoms with E-state index in [9.17, 15) is 0 Å². The first kappa shape index (κ1) is 21.2. The lowest BCUT2D eigenvalue weighted by Gasteiger charge is -2.27. The summed E-state index contributed by atoms with van der Waals surface area (Å²) in [4.78, 5) is 0. The molecule has 0 N–H and O–H groups in total. The Morgan fingerprint density at radius 3 is 2.36 bits per heavy atom. The van der Waals surface area contributed by atoms with Gasteiger partial charge in [-0.1, -0.05) is 95.3 Å². The topological polar surface area (TPSA) is 0 Å². The van der Waals surface area contributed by atoms with Gasteiger partial charge in [-0.15, -0.1) is 0 Å². The van der Waals surface area contributed by atoms with Crippen LogP contribution in [0.2, 0.25) is 0 Å². The van der Waals surface area contributed by atoms with Gasteiger partial charge in [-0.05, 0) is 78.2 Å². The largest absolute Gasteiger partial charge is 0.0654 e. The maximum absolute atomic E-state index is 2.47. The molecule has 2 aromatic rings. The van der Waals surface area contributed by atoms with Gasteiger partial charge in [0.1, 0.15) is 0 Å². The highest BCUT2D eigenvalue weighted by Crippen LogP contribution is 2.33. The van der Waals surface area contributed by atoms with E-state index in [4.69, 9.17) is 0 Å². The number of hydrogen-bond donors (Lipinski definition) is 0. The number of rotatable bonds is 10. The monoisotopic (exact) mass is 376 g/mol. The second-order valence-corrected chi connectivity index (χ2v) is 9.20. The van der Waals surface area contributed by atoms with Crippen LogP contribution in [0.1, 0.15) is 88.8 Å². The zero-order valence-electron chi connectivity index (χ0n) is 18.5. The highest BCUT2D eigenvalue weighted by atomic mass is 14.3. The maximum Gasteiger partial charge on any atom is -0.0181 e. The molecule has 1 aliphatic rings. The van der Waals surface area contributed by atoms with Crippen molar-refractivity contribution in [2.24, 2.45) is 11.8 Å². The van der Waals surface area contributed by atoms with Crippen LogP contribution in [0.15, 0.2) is 42.5 Å². The molecular formula is C28H40. The van der Waals surface area contributed by atoms with Gasteiger partial charge in [0, 0.05) is 0 Å². The molecule has 0 saturated carbocycles. The van der Waals surface area contributed by atoms with Crippen molar-refractivity contribution >= 4 is 0 Å². The standard InChI is InChI=1S/C28H40/c1-4-6-7-8-9-10-23-11-14-25(15-12-23)27-18-17-26-20-24(19-22(3)5-2)13-16-28(26)21-27/h11-12,14-15,17-18,21-22,24H,4-10,13,16,19-20H2,1-3H3. The second-order valence-electron chi connectivity index (χ2n) is 9.20. The summed E-state index contributed by atoms with van der Waals surface area (Å²) in [5, 5.41) is 0. The SMILES string of the molecule is CCCCCCCc1ccc(-c2ccc3c(c2)CCC(CC(C)CC)C3)cc1. The van der Waals surface area contributed by atoms with E-state index in [1.165, 1.54) is 87.3 Å². The lowest BCUT2D eigenvalue weighted by molar-refractivity contribution is 0.349. The van der Waals surface area contributed by atoms with Gasteiger partial charge < -0.3 is 0 Å². The number of aryl methyl sites for hydroxylation is 2. The van der Waals surface area contributed by atoms with Crippen molar-refractivity contribution < 1.29 is 0 Å². The van der Waals surface area contributed by atoms with Crippen molar-refractivity contribution in [1.29, 1.82) is 0 Å². The van der Waals surface area contributed by atoms with E-state index in [0.29, 0.717) is 0 Å². The molecule has 28 heavy (non-hydrogen) atoms. The summed E-state index contributed by atoms with van der Waals surface area (Å²) in [6.45, 7) is 7.02. The molecule has 0 bridgehead atoms. The van der Waals surface area contributed by atoms with E-state index >= 15 is 0 Å². The molecule has 0 heteroatoms.